The van der Waals surface area contributed by atoms with Gasteiger partial charge in [-0.1, -0.05) is 13.0 Å². The highest BCUT2D eigenvalue weighted by molar-refractivity contribution is 5.70. The fraction of sp³-hybridized carbons (Fsp3) is 0.500. The van der Waals surface area contributed by atoms with Crippen molar-refractivity contribution in [3.63, 3.8) is 0 Å². The van der Waals surface area contributed by atoms with Gasteiger partial charge in [0.25, 0.3) is 0 Å². The second-order valence-corrected chi connectivity index (χ2v) is 4.89. The summed E-state index contributed by atoms with van der Waals surface area (Å²) in [5, 5.41) is 18.9. The van der Waals surface area contributed by atoms with E-state index in [1.165, 1.54) is 0 Å². The van der Waals surface area contributed by atoms with E-state index in [0.29, 0.717) is 12.2 Å². The molecule has 0 aromatic heterocycles. The molecule has 2 N–H and O–H groups in total. The van der Waals surface area contributed by atoms with Crippen molar-refractivity contribution in [3.8, 4) is 5.75 Å². The van der Waals surface area contributed by atoms with Crippen molar-refractivity contribution >= 4 is 11.7 Å². The normalized spacial score (nSPS) is 19.7. The Hall–Kier alpha value is -1.71. The number of fused-ring (bicyclic) bond motifs is 1. The summed E-state index contributed by atoms with van der Waals surface area (Å²) in [6, 6.07) is 5.68. The highest BCUT2D eigenvalue weighted by Gasteiger charge is 2.32. The van der Waals surface area contributed by atoms with Gasteiger partial charge >= 0.3 is 5.97 Å². The highest BCUT2D eigenvalue weighted by atomic mass is 16.4. The number of carboxylic acid groups (broad SMARTS) is 1. The number of benzene rings is 1. The first-order valence-corrected chi connectivity index (χ1v) is 6.34. The average molecular weight is 249 g/mol. The molecule has 2 atom stereocenters. The largest absolute Gasteiger partial charge is 0.508 e. The van der Waals surface area contributed by atoms with Crippen LogP contribution in [-0.4, -0.2) is 28.8 Å². The van der Waals surface area contributed by atoms with Gasteiger partial charge in [-0.15, -0.1) is 0 Å². The SMILES string of the molecule is CCN1c2cccc(O)c2CC1CC(C)C(=O)O. The zero-order valence-electron chi connectivity index (χ0n) is 10.8. The van der Waals surface area contributed by atoms with Gasteiger partial charge in [0.1, 0.15) is 5.75 Å². The Morgan fingerprint density at radius 1 is 1.56 bits per heavy atom. The number of nitrogens with zero attached hydrogens (tertiary/aromatic N) is 1. The molecule has 0 amide bonds. The number of likely N-dealkylation sites (N-methyl/N-ethyl adjacent to an activating group) is 1. The molecule has 0 spiro atoms. The minimum Gasteiger partial charge on any atom is -0.508 e. The van der Waals surface area contributed by atoms with E-state index >= 15 is 0 Å². The van der Waals surface area contributed by atoms with Crippen LogP contribution in [0.3, 0.4) is 0 Å². The van der Waals surface area contributed by atoms with E-state index in [1.807, 2.05) is 12.1 Å². The maximum Gasteiger partial charge on any atom is 0.306 e. The molecule has 4 heteroatoms. The number of aromatic hydroxyl groups is 1. The third kappa shape index (κ3) is 2.15. The Morgan fingerprint density at radius 3 is 2.89 bits per heavy atom. The van der Waals surface area contributed by atoms with Gasteiger partial charge in [-0.3, -0.25) is 4.79 Å². The lowest BCUT2D eigenvalue weighted by molar-refractivity contribution is -0.141. The summed E-state index contributed by atoms with van der Waals surface area (Å²) in [5.74, 6) is -0.803. The molecule has 0 saturated carbocycles. The molecular weight excluding hydrogens is 230 g/mol. The summed E-state index contributed by atoms with van der Waals surface area (Å²) in [4.78, 5) is 13.1. The molecule has 1 aromatic carbocycles. The van der Waals surface area contributed by atoms with Crippen LogP contribution in [0.15, 0.2) is 18.2 Å². The third-order valence-corrected chi connectivity index (χ3v) is 3.70. The number of hydrogen-bond acceptors (Lipinski definition) is 3. The number of rotatable bonds is 4. The van der Waals surface area contributed by atoms with Gasteiger partial charge in [-0.05, 0) is 31.9 Å². The smallest absolute Gasteiger partial charge is 0.306 e. The molecule has 98 valence electrons. The van der Waals surface area contributed by atoms with E-state index < -0.39 is 5.97 Å². The van der Waals surface area contributed by atoms with Gasteiger partial charge < -0.3 is 15.1 Å². The number of hydrogen-bond donors (Lipinski definition) is 2. The minimum atomic E-state index is -0.758. The van der Waals surface area contributed by atoms with E-state index in [9.17, 15) is 9.90 Å². The average Bonchev–Trinajstić information content (AvgIpc) is 2.68. The molecular formula is C14H19NO3. The number of phenols is 1. The molecule has 0 bridgehead atoms. The molecule has 1 aliphatic rings. The van der Waals surface area contributed by atoms with Crippen molar-refractivity contribution in [2.75, 3.05) is 11.4 Å². The monoisotopic (exact) mass is 249 g/mol. The Morgan fingerprint density at radius 2 is 2.28 bits per heavy atom. The zero-order chi connectivity index (χ0) is 13.3. The van der Waals surface area contributed by atoms with Gasteiger partial charge in [0.2, 0.25) is 0 Å². The maximum absolute atomic E-state index is 11.0. The predicted molar refractivity (Wildman–Crippen MR) is 70.0 cm³/mol. The lowest BCUT2D eigenvalue weighted by atomic mass is 9.98. The summed E-state index contributed by atoms with van der Waals surface area (Å²) in [5.41, 5.74) is 1.99. The zero-order valence-corrected chi connectivity index (χ0v) is 10.8. The molecule has 0 radical (unpaired) electrons. The van der Waals surface area contributed by atoms with Gasteiger partial charge in [0.15, 0.2) is 0 Å². The van der Waals surface area contributed by atoms with Crippen LogP contribution in [0.4, 0.5) is 5.69 Å². The number of anilines is 1. The number of aliphatic carboxylic acids is 1. The minimum absolute atomic E-state index is 0.171. The molecule has 2 unspecified atom stereocenters. The topological polar surface area (TPSA) is 60.8 Å². The molecule has 0 saturated heterocycles. The predicted octanol–water partition coefficient (Wildman–Crippen LogP) is 2.25. The first kappa shape index (κ1) is 12.7. The van der Waals surface area contributed by atoms with E-state index in [4.69, 9.17) is 5.11 Å². The fourth-order valence-electron chi connectivity index (χ4n) is 2.73. The third-order valence-electron chi connectivity index (χ3n) is 3.70. The molecule has 1 heterocycles. The summed E-state index contributed by atoms with van der Waals surface area (Å²) < 4.78 is 0. The molecule has 1 aromatic rings. The first-order valence-electron chi connectivity index (χ1n) is 6.34. The second kappa shape index (κ2) is 4.88. The van der Waals surface area contributed by atoms with Crippen molar-refractivity contribution in [3.05, 3.63) is 23.8 Å². The summed E-state index contributed by atoms with van der Waals surface area (Å²) >= 11 is 0. The van der Waals surface area contributed by atoms with Crippen LogP contribution in [0.25, 0.3) is 0 Å². The van der Waals surface area contributed by atoms with Crippen LogP contribution in [-0.2, 0) is 11.2 Å². The van der Waals surface area contributed by atoms with Crippen molar-refractivity contribution in [1.82, 2.24) is 0 Å². The van der Waals surface area contributed by atoms with Crippen molar-refractivity contribution in [2.45, 2.75) is 32.7 Å². The summed E-state index contributed by atoms with van der Waals surface area (Å²) in [6.45, 7) is 4.62. The number of carbonyl (C=O) groups is 1. The first-order chi connectivity index (χ1) is 8.54. The van der Waals surface area contributed by atoms with Crippen molar-refractivity contribution in [1.29, 1.82) is 0 Å². The quantitative estimate of drug-likeness (QED) is 0.859. The van der Waals surface area contributed by atoms with Crippen LogP contribution in [0, 0.1) is 5.92 Å². The van der Waals surface area contributed by atoms with Gasteiger partial charge in [0, 0.05) is 23.8 Å². The maximum atomic E-state index is 11.0. The Labute approximate surface area is 107 Å². The Balaban J connectivity index is 2.22. The second-order valence-electron chi connectivity index (χ2n) is 4.89. The molecule has 1 aliphatic heterocycles. The molecule has 0 fully saturated rings. The van der Waals surface area contributed by atoms with E-state index in [2.05, 4.69) is 11.8 Å². The number of phenolic OH excluding ortho intramolecular Hbond substituents is 1. The van der Waals surface area contributed by atoms with Crippen LogP contribution < -0.4 is 4.90 Å². The van der Waals surface area contributed by atoms with Crippen LogP contribution in [0.5, 0.6) is 5.75 Å². The molecule has 2 rings (SSSR count). The lowest BCUT2D eigenvalue weighted by Gasteiger charge is -2.27. The van der Waals surface area contributed by atoms with Crippen LogP contribution >= 0.6 is 0 Å². The molecule has 0 aliphatic carbocycles. The summed E-state index contributed by atoms with van der Waals surface area (Å²) in [7, 11) is 0. The van der Waals surface area contributed by atoms with Crippen LogP contribution in [0.1, 0.15) is 25.8 Å². The lowest BCUT2D eigenvalue weighted by Crippen LogP contribution is -2.34. The Bertz CT molecular complexity index is 458. The number of carboxylic acids is 1. The van der Waals surface area contributed by atoms with Crippen molar-refractivity contribution in [2.24, 2.45) is 5.92 Å². The van der Waals surface area contributed by atoms with Crippen LogP contribution in [0.2, 0.25) is 0 Å². The summed E-state index contributed by atoms with van der Waals surface area (Å²) in [6.07, 6.45) is 1.34. The molecule has 4 nitrogen and oxygen atoms in total. The van der Waals surface area contributed by atoms with Gasteiger partial charge in [-0.25, -0.2) is 0 Å². The fourth-order valence-corrected chi connectivity index (χ4v) is 2.73. The van der Waals surface area contributed by atoms with Crippen molar-refractivity contribution < 1.29 is 15.0 Å². The van der Waals surface area contributed by atoms with E-state index in [-0.39, 0.29) is 12.0 Å². The highest BCUT2D eigenvalue weighted by Crippen LogP contribution is 2.39. The van der Waals surface area contributed by atoms with Gasteiger partial charge in [0.05, 0.1) is 5.92 Å². The Kier molecular flexibility index (Phi) is 3.45. The van der Waals surface area contributed by atoms with E-state index in [0.717, 1.165) is 24.2 Å². The molecule has 18 heavy (non-hydrogen) atoms. The van der Waals surface area contributed by atoms with E-state index in [1.54, 1.807) is 13.0 Å². The standard InChI is InChI=1S/C14H19NO3/c1-3-15-10(7-9(2)14(17)18)8-11-12(15)5-4-6-13(11)16/h4-6,9-10,16H,3,7-8H2,1-2H3,(H,17,18). The van der Waals surface area contributed by atoms with Gasteiger partial charge in [-0.2, -0.15) is 0 Å².